The topological polar surface area (TPSA) is 77.2 Å². The predicted molar refractivity (Wildman–Crippen MR) is 87.3 cm³/mol. The first-order valence-corrected chi connectivity index (χ1v) is 8.17. The number of ether oxygens (including phenoxy) is 1. The lowest BCUT2D eigenvalue weighted by Crippen LogP contribution is -2.07. The van der Waals surface area contributed by atoms with Crippen LogP contribution in [0.2, 0.25) is 0 Å². The van der Waals surface area contributed by atoms with E-state index in [0.29, 0.717) is 24.1 Å². The number of nitrogen functional groups attached to an aromatic ring is 1. The van der Waals surface area contributed by atoms with Gasteiger partial charge >= 0.3 is 0 Å². The minimum absolute atomic E-state index is 0.424. The molecule has 2 rings (SSSR count). The smallest absolute Gasteiger partial charge is 0.238 e. The van der Waals surface area contributed by atoms with Gasteiger partial charge in [-0.25, -0.2) is 4.98 Å². The number of hydrogen-bond acceptors (Lipinski definition) is 8. The van der Waals surface area contributed by atoms with Gasteiger partial charge in [0.05, 0.1) is 12.3 Å². The van der Waals surface area contributed by atoms with Gasteiger partial charge in [-0.15, -0.1) is 10.2 Å². The Bertz CT molecular complexity index is 600. The Balaban J connectivity index is 2.10. The summed E-state index contributed by atoms with van der Waals surface area (Å²) in [6, 6.07) is 3.66. The van der Waals surface area contributed by atoms with Gasteiger partial charge in [-0.1, -0.05) is 25.2 Å². The van der Waals surface area contributed by atoms with Crippen molar-refractivity contribution in [1.82, 2.24) is 15.2 Å². The van der Waals surface area contributed by atoms with Crippen LogP contribution in [0.5, 0.6) is 5.88 Å². The lowest BCUT2D eigenvalue weighted by Gasteiger charge is -2.10. The van der Waals surface area contributed by atoms with Crippen LogP contribution in [-0.2, 0) is 0 Å². The molecule has 0 aliphatic heterocycles. The summed E-state index contributed by atoms with van der Waals surface area (Å²) in [5, 5.41) is 9.90. The Morgan fingerprint density at radius 3 is 2.71 bits per heavy atom. The van der Waals surface area contributed by atoms with Gasteiger partial charge in [-0.3, -0.25) is 0 Å². The molecule has 2 N–H and O–H groups in total. The molecule has 0 atom stereocenters. The highest BCUT2D eigenvalue weighted by molar-refractivity contribution is 8.01. The summed E-state index contributed by atoms with van der Waals surface area (Å²) in [4.78, 5) is 6.36. The van der Waals surface area contributed by atoms with Crippen LogP contribution in [0.15, 0.2) is 21.5 Å². The van der Waals surface area contributed by atoms with Crippen LogP contribution in [-0.4, -0.2) is 35.9 Å². The van der Waals surface area contributed by atoms with E-state index in [1.807, 2.05) is 25.1 Å². The van der Waals surface area contributed by atoms with Gasteiger partial charge in [0.25, 0.3) is 0 Å². The number of nitrogens with zero attached hydrogens (tertiary/aromatic N) is 4. The molecule has 0 unspecified atom stereocenters. The van der Waals surface area contributed by atoms with E-state index in [1.165, 1.54) is 23.1 Å². The summed E-state index contributed by atoms with van der Waals surface area (Å²) < 4.78 is 6.47. The molecule has 0 aromatic carbocycles. The largest absolute Gasteiger partial charge is 0.476 e. The number of pyridine rings is 1. The highest BCUT2D eigenvalue weighted by Crippen LogP contribution is 2.33. The number of hydrogen-bond donors (Lipinski definition) is 1. The molecule has 0 saturated carbocycles. The molecule has 0 fully saturated rings. The summed E-state index contributed by atoms with van der Waals surface area (Å²) in [5.74, 6) is 0.902. The van der Waals surface area contributed by atoms with Crippen LogP contribution in [0.25, 0.3) is 0 Å². The van der Waals surface area contributed by atoms with E-state index in [-0.39, 0.29) is 0 Å². The van der Waals surface area contributed by atoms with Gasteiger partial charge in [0.1, 0.15) is 5.03 Å². The molecule has 6 nitrogen and oxygen atoms in total. The van der Waals surface area contributed by atoms with Crippen molar-refractivity contribution >= 4 is 33.9 Å². The van der Waals surface area contributed by atoms with Crippen molar-refractivity contribution in [2.45, 2.75) is 23.2 Å². The number of anilines is 2. The first-order chi connectivity index (χ1) is 9.95. The zero-order valence-electron chi connectivity index (χ0n) is 12.5. The lowest BCUT2D eigenvalue weighted by atomic mass is 10.2. The maximum atomic E-state index is 5.88. The average molecular weight is 325 g/mol. The average Bonchev–Trinajstić information content (AvgIpc) is 2.88. The van der Waals surface area contributed by atoms with Crippen molar-refractivity contribution in [3.05, 3.63) is 12.1 Å². The summed E-state index contributed by atoms with van der Waals surface area (Å²) in [7, 11) is 3.88. The molecule has 0 amide bonds. The fourth-order valence-electron chi connectivity index (χ4n) is 1.37. The molecule has 2 heterocycles. The SMILES string of the molecule is CC(C)COc1nc(Sc2nnc(N(C)C)s2)ccc1N. The van der Waals surface area contributed by atoms with Crippen LogP contribution < -0.4 is 15.4 Å². The summed E-state index contributed by atoms with van der Waals surface area (Å²) >= 11 is 2.97. The van der Waals surface area contributed by atoms with Gasteiger partial charge in [0.15, 0.2) is 4.34 Å². The van der Waals surface area contributed by atoms with Gasteiger partial charge in [0, 0.05) is 14.1 Å². The van der Waals surface area contributed by atoms with Crippen molar-refractivity contribution in [1.29, 1.82) is 0 Å². The molecule has 2 aromatic rings. The number of nitrogens with two attached hydrogens (primary N) is 1. The van der Waals surface area contributed by atoms with E-state index >= 15 is 0 Å². The van der Waals surface area contributed by atoms with Crippen LogP contribution in [0.3, 0.4) is 0 Å². The number of aromatic nitrogens is 3. The molecule has 0 aliphatic rings. The molecule has 114 valence electrons. The molecule has 0 aliphatic carbocycles. The molecule has 2 aromatic heterocycles. The van der Waals surface area contributed by atoms with Crippen molar-refractivity contribution in [2.75, 3.05) is 31.3 Å². The molecule has 0 saturated heterocycles. The summed E-state index contributed by atoms with van der Waals surface area (Å²) in [5.41, 5.74) is 6.43. The Morgan fingerprint density at radius 2 is 2.10 bits per heavy atom. The van der Waals surface area contributed by atoms with Crippen molar-refractivity contribution in [3.8, 4) is 5.88 Å². The van der Waals surface area contributed by atoms with Crippen LogP contribution >= 0.6 is 23.1 Å². The second-order valence-corrected chi connectivity index (χ2v) is 7.32. The van der Waals surface area contributed by atoms with E-state index < -0.39 is 0 Å². The Labute approximate surface area is 132 Å². The van der Waals surface area contributed by atoms with Crippen molar-refractivity contribution in [3.63, 3.8) is 0 Å². The van der Waals surface area contributed by atoms with Crippen molar-refractivity contribution < 1.29 is 4.74 Å². The van der Waals surface area contributed by atoms with Gasteiger partial charge < -0.3 is 15.4 Å². The molecular weight excluding hydrogens is 306 g/mol. The zero-order chi connectivity index (χ0) is 15.4. The lowest BCUT2D eigenvalue weighted by molar-refractivity contribution is 0.261. The maximum absolute atomic E-state index is 5.88. The number of rotatable bonds is 6. The van der Waals surface area contributed by atoms with E-state index in [0.717, 1.165) is 14.5 Å². The van der Waals surface area contributed by atoms with Gasteiger partial charge in [-0.05, 0) is 29.8 Å². The van der Waals surface area contributed by atoms with E-state index in [2.05, 4.69) is 29.0 Å². The maximum Gasteiger partial charge on any atom is 0.238 e. The first-order valence-electron chi connectivity index (χ1n) is 6.53. The third-order valence-electron chi connectivity index (χ3n) is 2.39. The van der Waals surface area contributed by atoms with Crippen LogP contribution in [0.1, 0.15) is 13.8 Å². The molecular formula is C13H19N5OS2. The van der Waals surface area contributed by atoms with E-state index in [1.54, 1.807) is 6.07 Å². The molecule has 0 spiro atoms. The van der Waals surface area contributed by atoms with E-state index in [9.17, 15) is 0 Å². The monoisotopic (exact) mass is 325 g/mol. The molecule has 8 heteroatoms. The van der Waals surface area contributed by atoms with Gasteiger partial charge in [-0.2, -0.15) is 0 Å². The second kappa shape index (κ2) is 6.95. The first kappa shape index (κ1) is 15.8. The summed E-state index contributed by atoms with van der Waals surface area (Å²) in [6.45, 7) is 4.76. The van der Waals surface area contributed by atoms with Gasteiger partial charge in [0.2, 0.25) is 11.0 Å². The standard InChI is InChI=1S/C13H19N5OS2/c1-8(2)7-19-11-9(14)5-6-10(15-11)20-13-17-16-12(21-13)18(3)4/h5-6,8H,7,14H2,1-4H3. The Morgan fingerprint density at radius 1 is 1.33 bits per heavy atom. The molecule has 21 heavy (non-hydrogen) atoms. The quantitative estimate of drug-likeness (QED) is 0.875. The zero-order valence-corrected chi connectivity index (χ0v) is 14.2. The fourth-order valence-corrected chi connectivity index (χ4v) is 3.04. The Kier molecular flexibility index (Phi) is 5.24. The van der Waals surface area contributed by atoms with Crippen LogP contribution in [0, 0.1) is 5.92 Å². The van der Waals surface area contributed by atoms with Crippen molar-refractivity contribution in [2.24, 2.45) is 5.92 Å². The molecule has 0 bridgehead atoms. The Hall–Kier alpha value is -1.54. The predicted octanol–water partition coefficient (Wildman–Crippen LogP) is 2.77. The highest BCUT2D eigenvalue weighted by Gasteiger charge is 2.11. The van der Waals surface area contributed by atoms with Crippen LogP contribution in [0.4, 0.5) is 10.8 Å². The highest BCUT2D eigenvalue weighted by atomic mass is 32.2. The normalized spacial score (nSPS) is 10.9. The summed E-state index contributed by atoms with van der Waals surface area (Å²) in [6.07, 6.45) is 0. The minimum Gasteiger partial charge on any atom is -0.476 e. The minimum atomic E-state index is 0.424. The third-order valence-corrected chi connectivity index (χ3v) is 4.47. The molecule has 0 radical (unpaired) electrons. The van der Waals surface area contributed by atoms with E-state index in [4.69, 9.17) is 10.5 Å². The third kappa shape index (κ3) is 4.47. The second-order valence-electron chi connectivity index (χ2n) is 5.10. The fraction of sp³-hybridized carbons (Fsp3) is 0.462.